The maximum absolute atomic E-state index is 11.5. The molecule has 1 aromatic carbocycles. The molecule has 2 aliphatic rings. The minimum absolute atomic E-state index is 0.198. The zero-order valence-electron chi connectivity index (χ0n) is 9.82. The third-order valence-corrected chi connectivity index (χ3v) is 4.16. The molecule has 94 valence electrons. The first-order valence-corrected chi connectivity index (χ1v) is 6.74. The van der Waals surface area contributed by atoms with Gasteiger partial charge < -0.3 is 9.47 Å². The molecule has 0 radical (unpaired) electrons. The molecule has 1 saturated heterocycles. The fourth-order valence-electron chi connectivity index (χ4n) is 2.94. The van der Waals surface area contributed by atoms with Gasteiger partial charge in [-0.2, -0.15) is 0 Å². The van der Waals surface area contributed by atoms with E-state index in [-0.39, 0.29) is 6.10 Å². The lowest BCUT2D eigenvalue weighted by molar-refractivity contribution is 0.0162. The number of carbonyl (C=O) groups excluding carboxylic acids is 1. The van der Waals surface area contributed by atoms with Crippen molar-refractivity contribution in [2.45, 2.75) is 31.0 Å². The van der Waals surface area contributed by atoms with E-state index < -0.39 is 11.8 Å². The fraction of sp³-hybridized carbons (Fsp3) is 0.357. The number of halogens is 1. The minimum Gasteiger partial charge on any atom is -0.426 e. The third kappa shape index (κ3) is 1.59. The Morgan fingerprint density at radius 3 is 3.17 bits per heavy atom. The quantitative estimate of drug-likeness (QED) is 0.617. The second-order valence-electron chi connectivity index (χ2n) is 4.68. The first-order valence-electron chi connectivity index (χ1n) is 5.95. The van der Waals surface area contributed by atoms with Gasteiger partial charge in [0.1, 0.15) is 0 Å². The molecule has 0 aromatic heterocycles. The van der Waals surface area contributed by atoms with E-state index in [0.29, 0.717) is 6.42 Å². The number of carbonyl (C=O) groups is 1. The molecule has 0 saturated carbocycles. The monoisotopic (exact) mass is 308 g/mol. The molecule has 2 atom stereocenters. The first-order chi connectivity index (χ1) is 8.65. The van der Waals surface area contributed by atoms with Crippen molar-refractivity contribution in [3.63, 3.8) is 0 Å². The topological polar surface area (TPSA) is 35.5 Å². The average Bonchev–Trinajstić information content (AvgIpc) is 2.65. The Morgan fingerprint density at radius 1 is 1.56 bits per heavy atom. The van der Waals surface area contributed by atoms with Crippen LogP contribution in [0.4, 0.5) is 4.79 Å². The molecular formula is C14H13BrO3. The number of hydrogen-bond acceptors (Lipinski definition) is 3. The van der Waals surface area contributed by atoms with Crippen molar-refractivity contribution in [2.24, 2.45) is 0 Å². The lowest BCUT2D eigenvalue weighted by Gasteiger charge is -2.36. The minimum atomic E-state index is -0.673. The Balaban J connectivity index is 2.15. The molecule has 3 nitrogen and oxygen atoms in total. The summed E-state index contributed by atoms with van der Waals surface area (Å²) in [5.41, 5.74) is 1.58. The van der Waals surface area contributed by atoms with Gasteiger partial charge in [-0.25, -0.2) is 4.79 Å². The third-order valence-electron chi connectivity index (χ3n) is 3.67. The Hall–Kier alpha value is -1.29. The van der Waals surface area contributed by atoms with Gasteiger partial charge in [-0.15, -0.1) is 6.58 Å². The normalized spacial score (nSPS) is 28.9. The summed E-state index contributed by atoms with van der Waals surface area (Å²) in [4.78, 5) is 11.5. The van der Waals surface area contributed by atoms with E-state index in [0.717, 1.165) is 22.9 Å². The van der Waals surface area contributed by atoms with Gasteiger partial charge in [0.15, 0.2) is 11.7 Å². The highest BCUT2D eigenvalue weighted by molar-refractivity contribution is 9.10. The highest BCUT2D eigenvalue weighted by Crippen LogP contribution is 2.47. The lowest BCUT2D eigenvalue weighted by atomic mass is 9.75. The van der Waals surface area contributed by atoms with Crippen LogP contribution in [-0.2, 0) is 21.5 Å². The van der Waals surface area contributed by atoms with Gasteiger partial charge >= 0.3 is 6.16 Å². The van der Waals surface area contributed by atoms with E-state index in [4.69, 9.17) is 9.47 Å². The van der Waals surface area contributed by atoms with Crippen molar-refractivity contribution in [2.75, 3.05) is 0 Å². The number of fused-ring (bicyclic) bond motifs is 3. The summed E-state index contributed by atoms with van der Waals surface area (Å²) >= 11 is 3.47. The van der Waals surface area contributed by atoms with Crippen molar-refractivity contribution in [3.8, 4) is 0 Å². The molecule has 18 heavy (non-hydrogen) atoms. The second-order valence-corrected chi connectivity index (χ2v) is 5.60. The number of hydrogen-bond donors (Lipinski definition) is 0. The molecule has 0 spiro atoms. The Bertz CT molecular complexity index is 526. The molecule has 1 heterocycles. The Labute approximate surface area is 114 Å². The van der Waals surface area contributed by atoms with Gasteiger partial charge in [0.2, 0.25) is 0 Å². The van der Waals surface area contributed by atoms with Crippen molar-refractivity contribution < 1.29 is 14.3 Å². The zero-order chi connectivity index (χ0) is 12.8. The van der Waals surface area contributed by atoms with Gasteiger partial charge in [-0.05, 0) is 30.5 Å². The summed E-state index contributed by atoms with van der Waals surface area (Å²) in [6, 6.07) is 6.07. The van der Waals surface area contributed by atoms with Crippen molar-refractivity contribution in [1.29, 1.82) is 0 Å². The summed E-state index contributed by atoms with van der Waals surface area (Å²) in [6.07, 6.45) is 3.29. The number of benzene rings is 1. The Morgan fingerprint density at radius 2 is 2.39 bits per heavy atom. The molecular weight excluding hydrogens is 296 g/mol. The van der Waals surface area contributed by atoms with E-state index in [9.17, 15) is 4.79 Å². The van der Waals surface area contributed by atoms with Crippen LogP contribution in [0.2, 0.25) is 0 Å². The van der Waals surface area contributed by atoms with Gasteiger partial charge in [0, 0.05) is 16.5 Å². The first kappa shape index (κ1) is 11.8. The molecule has 0 unspecified atom stereocenters. The predicted octanol–water partition coefficient (Wildman–Crippen LogP) is 3.70. The Kier molecular flexibility index (Phi) is 2.70. The molecule has 1 aliphatic carbocycles. The van der Waals surface area contributed by atoms with Crippen LogP contribution < -0.4 is 0 Å². The van der Waals surface area contributed by atoms with E-state index in [1.165, 1.54) is 5.56 Å². The summed E-state index contributed by atoms with van der Waals surface area (Å²) in [6.45, 7) is 3.77. The van der Waals surface area contributed by atoms with Crippen LogP contribution >= 0.6 is 15.9 Å². The van der Waals surface area contributed by atoms with E-state index in [2.05, 4.69) is 28.6 Å². The molecule has 0 N–H and O–H groups in total. The molecule has 1 aliphatic heterocycles. The molecule has 1 aromatic rings. The van der Waals surface area contributed by atoms with Crippen LogP contribution in [0.5, 0.6) is 0 Å². The van der Waals surface area contributed by atoms with E-state index >= 15 is 0 Å². The summed E-state index contributed by atoms with van der Waals surface area (Å²) < 4.78 is 11.8. The molecule has 4 heteroatoms. The molecule has 1 fully saturated rings. The van der Waals surface area contributed by atoms with Crippen molar-refractivity contribution >= 4 is 22.1 Å². The van der Waals surface area contributed by atoms with E-state index in [1.807, 2.05) is 12.1 Å². The van der Waals surface area contributed by atoms with Gasteiger partial charge in [-0.1, -0.05) is 28.1 Å². The van der Waals surface area contributed by atoms with Crippen molar-refractivity contribution in [3.05, 3.63) is 46.5 Å². The van der Waals surface area contributed by atoms with E-state index in [1.54, 1.807) is 6.08 Å². The molecule has 3 rings (SSSR count). The summed E-state index contributed by atoms with van der Waals surface area (Å²) in [5.74, 6) is 0. The van der Waals surface area contributed by atoms with Crippen LogP contribution in [0.3, 0.4) is 0 Å². The lowest BCUT2D eigenvalue weighted by Crippen LogP contribution is -2.41. The standard InChI is InChI=1S/C14H13BrO3/c1-2-7-14-11-5-4-10(15)8-9(11)3-6-12(14)17-13(16)18-14/h2,4-5,8,12H,1,3,6-7H2/t12-,14-/m1/s1. The maximum atomic E-state index is 11.5. The highest BCUT2D eigenvalue weighted by Gasteiger charge is 2.54. The number of rotatable bonds is 2. The smallest absolute Gasteiger partial charge is 0.426 e. The fourth-order valence-corrected chi connectivity index (χ4v) is 3.34. The van der Waals surface area contributed by atoms with Gasteiger partial charge in [-0.3, -0.25) is 0 Å². The maximum Gasteiger partial charge on any atom is 0.509 e. The second kappa shape index (κ2) is 4.12. The predicted molar refractivity (Wildman–Crippen MR) is 70.3 cm³/mol. The van der Waals surface area contributed by atoms with Gasteiger partial charge in [0.05, 0.1) is 0 Å². The summed E-state index contributed by atoms with van der Waals surface area (Å²) in [7, 11) is 0. The van der Waals surface area contributed by atoms with Crippen LogP contribution in [0.1, 0.15) is 24.0 Å². The number of ether oxygens (including phenoxy) is 2. The molecule has 0 bridgehead atoms. The van der Waals surface area contributed by atoms with Crippen LogP contribution in [0, 0.1) is 0 Å². The van der Waals surface area contributed by atoms with Crippen LogP contribution in [-0.4, -0.2) is 12.3 Å². The van der Waals surface area contributed by atoms with Crippen molar-refractivity contribution in [1.82, 2.24) is 0 Å². The summed E-state index contributed by atoms with van der Waals surface area (Å²) in [5, 5.41) is 0. The largest absolute Gasteiger partial charge is 0.509 e. The average molecular weight is 309 g/mol. The van der Waals surface area contributed by atoms with Gasteiger partial charge in [0.25, 0.3) is 0 Å². The molecule has 0 amide bonds. The van der Waals surface area contributed by atoms with Crippen LogP contribution in [0.15, 0.2) is 35.3 Å². The SMILES string of the molecule is C=CC[C@]12OC(=O)O[C@@H]1CCc1cc(Br)ccc12. The highest BCUT2D eigenvalue weighted by atomic mass is 79.9. The van der Waals surface area contributed by atoms with Crippen LogP contribution in [0.25, 0.3) is 0 Å². The number of aryl methyl sites for hydroxylation is 1. The zero-order valence-corrected chi connectivity index (χ0v) is 11.4.